The van der Waals surface area contributed by atoms with Gasteiger partial charge < -0.3 is 9.30 Å². The molecule has 5 rings (SSSR count). The van der Waals surface area contributed by atoms with Gasteiger partial charge in [-0.1, -0.05) is 12.1 Å². The van der Waals surface area contributed by atoms with Crippen LogP contribution in [0.2, 0.25) is 0 Å². The number of aromatic nitrogens is 3. The van der Waals surface area contributed by atoms with Gasteiger partial charge in [-0.2, -0.15) is 0 Å². The van der Waals surface area contributed by atoms with Crippen molar-refractivity contribution in [1.29, 1.82) is 0 Å². The molecule has 0 bridgehead atoms. The lowest BCUT2D eigenvalue weighted by Gasteiger charge is -2.31. The van der Waals surface area contributed by atoms with Crippen LogP contribution in [-0.2, 0) is 13.0 Å². The zero-order valence-electron chi connectivity index (χ0n) is 20.5. The summed E-state index contributed by atoms with van der Waals surface area (Å²) in [6.07, 6.45) is 5.61. The highest BCUT2D eigenvalue weighted by atomic mass is 19.1. The molecule has 1 aliphatic rings. The van der Waals surface area contributed by atoms with Crippen LogP contribution in [-0.4, -0.2) is 39.1 Å². The van der Waals surface area contributed by atoms with E-state index in [-0.39, 0.29) is 5.82 Å². The van der Waals surface area contributed by atoms with E-state index in [2.05, 4.69) is 40.4 Å². The molecule has 1 aliphatic heterocycles. The molecule has 6 heteroatoms. The zero-order valence-corrected chi connectivity index (χ0v) is 20.5. The molecule has 35 heavy (non-hydrogen) atoms. The third-order valence-corrected chi connectivity index (χ3v) is 6.82. The number of benzene rings is 2. The summed E-state index contributed by atoms with van der Waals surface area (Å²) in [6, 6.07) is 19.7. The van der Waals surface area contributed by atoms with E-state index in [1.165, 1.54) is 17.7 Å². The first-order valence-corrected chi connectivity index (χ1v) is 12.2. The predicted molar refractivity (Wildman–Crippen MR) is 137 cm³/mol. The topological polar surface area (TPSA) is 43.2 Å². The monoisotopic (exact) mass is 470 g/mol. The highest BCUT2D eigenvalue weighted by molar-refractivity contribution is 5.79. The smallest absolute Gasteiger partial charge is 0.123 e. The van der Waals surface area contributed by atoms with Crippen LogP contribution < -0.4 is 4.74 Å². The normalized spacial score (nSPS) is 15.1. The van der Waals surface area contributed by atoms with Gasteiger partial charge in [-0.3, -0.25) is 9.88 Å². The van der Waals surface area contributed by atoms with E-state index >= 15 is 0 Å². The van der Waals surface area contributed by atoms with Crippen LogP contribution in [0.5, 0.6) is 5.75 Å². The maximum Gasteiger partial charge on any atom is 0.123 e. The number of nitrogens with zero attached hydrogens (tertiary/aromatic N) is 4. The van der Waals surface area contributed by atoms with Gasteiger partial charge in [-0.15, -0.1) is 0 Å². The maximum absolute atomic E-state index is 13.6. The molecule has 0 fully saturated rings. The molecule has 0 aliphatic carbocycles. The van der Waals surface area contributed by atoms with Gasteiger partial charge in [0.1, 0.15) is 17.4 Å². The number of rotatable bonds is 8. The van der Waals surface area contributed by atoms with Crippen LogP contribution >= 0.6 is 0 Å². The third kappa shape index (κ3) is 4.84. The molecular weight excluding hydrogens is 439 g/mol. The van der Waals surface area contributed by atoms with E-state index in [9.17, 15) is 4.39 Å². The van der Waals surface area contributed by atoms with Crippen LogP contribution in [0, 0.1) is 5.82 Å². The van der Waals surface area contributed by atoms with Gasteiger partial charge in [0.25, 0.3) is 0 Å². The Morgan fingerprint density at radius 1 is 1.06 bits per heavy atom. The zero-order chi connectivity index (χ0) is 24.4. The quantitative estimate of drug-likeness (QED) is 0.309. The molecule has 0 saturated heterocycles. The molecule has 180 valence electrons. The fourth-order valence-corrected chi connectivity index (χ4v) is 4.98. The number of halogens is 1. The van der Waals surface area contributed by atoms with Crippen LogP contribution in [0.15, 0.2) is 73.1 Å². The summed E-state index contributed by atoms with van der Waals surface area (Å²) in [7, 11) is 1.71. The molecule has 0 radical (unpaired) electrons. The fourth-order valence-electron chi connectivity index (χ4n) is 4.98. The van der Waals surface area contributed by atoms with Crippen molar-refractivity contribution >= 4 is 0 Å². The summed E-state index contributed by atoms with van der Waals surface area (Å²) in [5.41, 5.74) is 5.23. The van der Waals surface area contributed by atoms with Crippen molar-refractivity contribution in [3.63, 3.8) is 0 Å². The van der Waals surface area contributed by atoms with Gasteiger partial charge in [0.05, 0.1) is 18.5 Å². The Morgan fingerprint density at radius 3 is 2.54 bits per heavy atom. The average molecular weight is 471 g/mol. The van der Waals surface area contributed by atoms with Crippen molar-refractivity contribution in [3.05, 3.63) is 90.3 Å². The molecule has 2 aromatic heterocycles. The number of hydrogen-bond donors (Lipinski definition) is 0. The largest absolute Gasteiger partial charge is 0.497 e. The summed E-state index contributed by atoms with van der Waals surface area (Å²) in [5.74, 6) is 1.73. The van der Waals surface area contributed by atoms with Crippen molar-refractivity contribution in [2.45, 2.75) is 45.3 Å². The standard InChI is InChI=1S/C29H31FN4O/c1-20(2)33(18-21-5-4-6-26(17-21)35-3)19-25-11-12-27-32-28(22-7-9-24(30)10-8-22)29(34(25)27)23-13-15-31-16-14-23/h4-10,13-17,20,25H,11-12,18-19H2,1-3H3. The minimum atomic E-state index is -0.242. The maximum atomic E-state index is 13.6. The van der Waals surface area contributed by atoms with E-state index < -0.39 is 0 Å². The number of fused-ring (bicyclic) bond motifs is 1. The number of hydrogen-bond acceptors (Lipinski definition) is 4. The lowest BCUT2D eigenvalue weighted by molar-refractivity contribution is 0.182. The predicted octanol–water partition coefficient (Wildman–Crippen LogP) is 6.16. The number of methoxy groups -OCH3 is 1. The number of imidazole rings is 1. The molecule has 0 N–H and O–H groups in total. The van der Waals surface area contributed by atoms with Crippen LogP contribution in [0.4, 0.5) is 4.39 Å². The Balaban J connectivity index is 1.51. The third-order valence-electron chi connectivity index (χ3n) is 6.82. The second-order valence-corrected chi connectivity index (χ2v) is 9.41. The lowest BCUT2D eigenvalue weighted by atomic mass is 10.0. The molecule has 5 nitrogen and oxygen atoms in total. The highest BCUT2D eigenvalue weighted by Crippen LogP contribution is 2.40. The van der Waals surface area contributed by atoms with Crippen molar-refractivity contribution in [3.8, 4) is 28.3 Å². The lowest BCUT2D eigenvalue weighted by Crippen LogP contribution is -2.35. The minimum Gasteiger partial charge on any atom is -0.497 e. The van der Waals surface area contributed by atoms with Crippen LogP contribution in [0.25, 0.3) is 22.5 Å². The first-order chi connectivity index (χ1) is 17.0. The molecule has 0 saturated carbocycles. The summed E-state index contributed by atoms with van der Waals surface area (Å²) in [6.45, 7) is 6.26. The van der Waals surface area contributed by atoms with Crippen molar-refractivity contribution in [2.75, 3.05) is 13.7 Å². The van der Waals surface area contributed by atoms with E-state index in [1.807, 2.05) is 48.8 Å². The van der Waals surface area contributed by atoms with E-state index in [0.29, 0.717) is 12.1 Å². The van der Waals surface area contributed by atoms with E-state index in [4.69, 9.17) is 9.72 Å². The molecule has 1 unspecified atom stereocenters. The van der Waals surface area contributed by atoms with Crippen molar-refractivity contribution in [1.82, 2.24) is 19.4 Å². The Kier molecular flexibility index (Phi) is 6.64. The Bertz CT molecular complexity index is 1280. The molecule has 4 aromatic rings. The van der Waals surface area contributed by atoms with Crippen molar-refractivity contribution in [2.24, 2.45) is 0 Å². The Hall–Kier alpha value is -3.51. The van der Waals surface area contributed by atoms with Gasteiger partial charge in [0.2, 0.25) is 0 Å². The SMILES string of the molecule is COc1cccc(CN(CC2CCc3nc(-c4ccc(F)cc4)c(-c4ccncc4)n32)C(C)C)c1. The number of pyridine rings is 1. The van der Waals surface area contributed by atoms with Gasteiger partial charge in [0.15, 0.2) is 0 Å². The molecule has 0 spiro atoms. The molecule has 1 atom stereocenters. The summed E-state index contributed by atoms with van der Waals surface area (Å²) < 4.78 is 21.5. The Labute approximate surface area is 206 Å². The second-order valence-electron chi connectivity index (χ2n) is 9.41. The van der Waals surface area contributed by atoms with Crippen molar-refractivity contribution < 1.29 is 9.13 Å². The average Bonchev–Trinajstić information content (AvgIpc) is 3.44. The summed E-state index contributed by atoms with van der Waals surface area (Å²) in [4.78, 5) is 11.8. The number of aryl methyl sites for hydroxylation is 1. The van der Waals surface area contributed by atoms with Crippen LogP contribution in [0.3, 0.4) is 0 Å². The van der Waals surface area contributed by atoms with E-state index in [1.54, 1.807) is 7.11 Å². The number of ether oxygens (including phenoxy) is 1. The fraction of sp³-hybridized carbons (Fsp3) is 0.310. The summed E-state index contributed by atoms with van der Waals surface area (Å²) >= 11 is 0. The Morgan fingerprint density at radius 2 is 1.83 bits per heavy atom. The van der Waals surface area contributed by atoms with Gasteiger partial charge in [-0.05, 0) is 74.4 Å². The first kappa shape index (κ1) is 23.2. The minimum absolute atomic E-state index is 0.242. The van der Waals surface area contributed by atoms with Gasteiger partial charge in [-0.25, -0.2) is 9.37 Å². The molecule has 0 amide bonds. The van der Waals surface area contributed by atoms with E-state index in [0.717, 1.165) is 60.0 Å². The van der Waals surface area contributed by atoms with Gasteiger partial charge >= 0.3 is 0 Å². The van der Waals surface area contributed by atoms with Gasteiger partial charge in [0, 0.05) is 55.1 Å². The van der Waals surface area contributed by atoms with Crippen LogP contribution in [0.1, 0.15) is 37.7 Å². The molecule has 3 heterocycles. The highest BCUT2D eigenvalue weighted by Gasteiger charge is 2.31. The summed E-state index contributed by atoms with van der Waals surface area (Å²) in [5, 5.41) is 0. The molecular formula is C29H31FN4O. The molecule has 2 aromatic carbocycles. The first-order valence-electron chi connectivity index (χ1n) is 12.2. The second kappa shape index (κ2) is 10.0.